The molecule has 2 heterocycles. The maximum Gasteiger partial charge on any atom is 0.265 e. The maximum atomic E-state index is 13.1. The van der Waals surface area contributed by atoms with E-state index in [2.05, 4.69) is 19.9 Å². The first-order valence-corrected chi connectivity index (χ1v) is 8.20. The van der Waals surface area contributed by atoms with Crippen LogP contribution in [0.3, 0.4) is 0 Å². The Morgan fingerprint density at radius 1 is 1.11 bits per heavy atom. The Morgan fingerprint density at radius 3 is 2.56 bits per heavy atom. The van der Waals surface area contributed by atoms with Gasteiger partial charge in [-0.3, -0.25) is 4.98 Å². The molecule has 3 aromatic rings. The molecule has 2 aromatic heterocycles. The topological polar surface area (TPSA) is 103 Å². The summed E-state index contributed by atoms with van der Waals surface area (Å²) in [6.45, 7) is 1.80. The van der Waals surface area contributed by atoms with E-state index < -0.39 is 6.43 Å². The van der Waals surface area contributed by atoms with Crippen molar-refractivity contribution in [1.29, 1.82) is 0 Å². The van der Waals surface area contributed by atoms with Crippen molar-refractivity contribution in [2.75, 3.05) is 5.73 Å². The van der Waals surface area contributed by atoms with Crippen LogP contribution in [0.1, 0.15) is 23.2 Å². The molecule has 0 saturated carbocycles. The summed E-state index contributed by atoms with van der Waals surface area (Å²) in [4.78, 5) is 16.7. The highest BCUT2D eigenvalue weighted by molar-refractivity contribution is 5.85. The molecule has 0 spiro atoms. The van der Waals surface area contributed by atoms with Crippen molar-refractivity contribution in [3.05, 3.63) is 65.5 Å². The van der Waals surface area contributed by atoms with Gasteiger partial charge < -0.3 is 11.5 Å². The molecular weight excluding hydrogens is 350 g/mol. The van der Waals surface area contributed by atoms with Gasteiger partial charge in [0.1, 0.15) is 5.84 Å². The van der Waals surface area contributed by atoms with Crippen molar-refractivity contribution < 1.29 is 8.78 Å². The third kappa shape index (κ3) is 4.22. The number of anilines is 1. The summed E-state index contributed by atoms with van der Waals surface area (Å²) in [5.41, 5.74) is 14.0. The SMILES string of the molecule is Cc1c(N=C(N)Cc2ncccc2C(F)F)nc(N)nc1-c1ccccc1. The maximum absolute atomic E-state index is 13.1. The fraction of sp³-hybridized carbons (Fsp3) is 0.158. The van der Waals surface area contributed by atoms with Crippen LogP contribution < -0.4 is 11.5 Å². The van der Waals surface area contributed by atoms with E-state index in [-0.39, 0.29) is 29.5 Å². The van der Waals surface area contributed by atoms with Crippen molar-refractivity contribution >= 4 is 17.6 Å². The smallest absolute Gasteiger partial charge is 0.265 e. The van der Waals surface area contributed by atoms with Crippen LogP contribution in [0.5, 0.6) is 0 Å². The van der Waals surface area contributed by atoms with Gasteiger partial charge in [0.2, 0.25) is 5.95 Å². The summed E-state index contributed by atoms with van der Waals surface area (Å²) >= 11 is 0. The highest BCUT2D eigenvalue weighted by Crippen LogP contribution is 2.28. The quantitative estimate of drug-likeness (QED) is 0.529. The van der Waals surface area contributed by atoms with E-state index in [0.717, 1.165) is 5.56 Å². The zero-order chi connectivity index (χ0) is 19.4. The number of nitrogen functional groups attached to an aromatic ring is 1. The molecule has 0 atom stereocenters. The molecule has 0 saturated heterocycles. The highest BCUT2D eigenvalue weighted by atomic mass is 19.3. The molecule has 0 fully saturated rings. The molecule has 6 nitrogen and oxygen atoms in total. The number of pyridine rings is 1. The van der Waals surface area contributed by atoms with Crippen LogP contribution in [0.25, 0.3) is 11.3 Å². The van der Waals surface area contributed by atoms with E-state index in [1.54, 1.807) is 6.92 Å². The number of nitrogens with two attached hydrogens (primary N) is 2. The Bertz CT molecular complexity index is 973. The molecule has 0 radical (unpaired) electrons. The van der Waals surface area contributed by atoms with E-state index in [4.69, 9.17) is 11.5 Å². The Kier molecular flexibility index (Phi) is 5.35. The minimum atomic E-state index is -2.64. The Balaban J connectivity index is 1.96. The Labute approximate surface area is 155 Å². The van der Waals surface area contributed by atoms with Gasteiger partial charge in [-0.1, -0.05) is 30.3 Å². The van der Waals surface area contributed by atoms with Crippen molar-refractivity contribution in [2.45, 2.75) is 19.8 Å². The number of hydrogen-bond acceptors (Lipinski definition) is 5. The van der Waals surface area contributed by atoms with Crippen LogP contribution >= 0.6 is 0 Å². The number of nitrogens with zero attached hydrogens (tertiary/aromatic N) is 4. The summed E-state index contributed by atoms with van der Waals surface area (Å²) in [7, 11) is 0. The van der Waals surface area contributed by atoms with Crippen molar-refractivity contribution in [3.8, 4) is 11.3 Å². The summed E-state index contributed by atoms with van der Waals surface area (Å²) in [6, 6.07) is 12.2. The van der Waals surface area contributed by atoms with E-state index in [1.165, 1.54) is 18.3 Å². The summed E-state index contributed by atoms with van der Waals surface area (Å²) in [6.07, 6.45) is -1.22. The lowest BCUT2D eigenvalue weighted by Crippen LogP contribution is -2.17. The molecule has 0 amide bonds. The van der Waals surface area contributed by atoms with Gasteiger partial charge in [-0.2, -0.15) is 4.98 Å². The third-order valence-electron chi connectivity index (χ3n) is 3.94. The molecule has 0 unspecified atom stereocenters. The number of alkyl halides is 2. The molecule has 138 valence electrons. The van der Waals surface area contributed by atoms with Crippen LogP contribution in [0, 0.1) is 6.92 Å². The van der Waals surface area contributed by atoms with Gasteiger partial charge in [-0.05, 0) is 19.1 Å². The molecule has 0 aliphatic heterocycles. The fourth-order valence-electron chi connectivity index (χ4n) is 2.65. The van der Waals surface area contributed by atoms with Crippen molar-refractivity contribution in [3.63, 3.8) is 0 Å². The van der Waals surface area contributed by atoms with Gasteiger partial charge in [-0.15, -0.1) is 0 Å². The monoisotopic (exact) mass is 368 g/mol. The summed E-state index contributed by atoms with van der Waals surface area (Å²) in [5.74, 6) is 0.460. The molecule has 8 heteroatoms. The minimum Gasteiger partial charge on any atom is -0.387 e. The Morgan fingerprint density at radius 2 is 1.85 bits per heavy atom. The molecular formula is C19H18F2N6. The van der Waals surface area contributed by atoms with Gasteiger partial charge in [0.25, 0.3) is 6.43 Å². The van der Waals surface area contributed by atoms with E-state index in [9.17, 15) is 8.78 Å². The van der Waals surface area contributed by atoms with Crippen LogP contribution in [0.15, 0.2) is 53.7 Å². The highest BCUT2D eigenvalue weighted by Gasteiger charge is 2.15. The van der Waals surface area contributed by atoms with Gasteiger partial charge in [-0.25, -0.2) is 18.8 Å². The van der Waals surface area contributed by atoms with Crippen LogP contribution in [0.2, 0.25) is 0 Å². The lowest BCUT2D eigenvalue weighted by atomic mass is 10.1. The second-order valence-electron chi connectivity index (χ2n) is 5.86. The number of aliphatic imine (C=N–C) groups is 1. The molecule has 1 aromatic carbocycles. The second kappa shape index (κ2) is 7.86. The van der Waals surface area contributed by atoms with Gasteiger partial charge >= 0.3 is 0 Å². The first kappa shape index (κ1) is 18.4. The second-order valence-corrected chi connectivity index (χ2v) is 5.86. The molecule has 0 aliphatic carbocycles. The van der Waals surface area contributed by atoms with Crippen LogP contribution in [-0.4, -0.2) is 20.8 Å². The van der Waals surface area contributed by atoms with Crippen molar-refractivity contribution in [1.82, 2.24) is 15.0 Å². The van der Waals surface area contributed by atoms with Crippen LogP contribution in [0.4, 0.5) is 20.5 Å². The predicted molar refractivity (Wildman–Crippen MR) is 101 cm³/mol. The first-order valence-electron chi connectivity index (χ1n) is 8.20. The lowest BCUT2D eigenvalue weighted by Gasteiger charge is -2.10. The Hall–Kier alpha value is -3.42. The number of rotatable bonds is 5. The van der Waals surface area contributed by atoms with Crippen molar-refractivity contribution in [2.24, 2.45) is 10.7 Å². The molecule has 4 N–H and O–H groups in total. The lowest BCUT2D eigenvalue weighted by molar-refractivity contribution is 0.150. The molecule has 27 heavy (non-hydrogen) atoms. The number of amidine groups is 1. The molecule has 0 aliphatic rings. The predicted octanol–water partition coefficient (Wildman–Crippen LogP) is 3.60. The zero-order valence-corrected chi connectivity index (χ0v) is 14.6. The number of aromatic nitrogens is 3. The standard InChI is InChI=1S/C19H18F2N6/c1-11-16(12-6-3-2-4-7-12)26-19(23)27-18(11)25-15(22)10-14-13(17(20)21)8-5-9-24-14/h2-9,17H,10H2,1H3,(H4,22,23,25,26,27). The normalized spacial score (nSPS) is 11.8. The number of halogens is 2. The van der Waals surface area contributed by atoms with Gasteiger partial charge in [0, 0.05) is 29.3 Å². The van der Waals surface area contributed by atoms with E-state index in [0.29, 0.717) is 17.1 Å². The zero-order valence-electron chi connectivity index (χ0n) is 14.6. The number of benzene rings is 1. The summed E-state index contributed by atoms with van der Waals surface area (Å²) in [5, 5.41) is 0. The average molecular weight is 368 g/mol. The van der Waals surface area contributed by atoms with Gasteiger partial charge in [0.05, 0.1) is 11.4 Å². The largest absolute Gasteiger partial charge is 0.387 e. The van der Waals surface area contributed by atoms with E-state index in [1.807, 2.05) is 30.3 Å². The van der Waals surface area contributed by atoms with Gasteiger partial charge in [0.15, 0.2) is 5.82 Å². The fourth-order valence-corrected chi connectivity index (χ4v) is 2.65. The molecule has 3 rings (SSSR count). The average Bonchev–Trinajstić information content (AvgIpc) is 2.65. The van der Waals surface area contributed by atoms with Crippen LogP contribution in [-0.2, 0) is 6.42 Å². The summed E-state index contributed by atoms with van der Waals surface area (Å²) < 4.78 is 26.2. The number of hydrogen-bond donors (Lipinski definition) is 2. The minimum absolute atomic E-state index is 0.0233. The first-order chi connectivity index (χ1) is 13.0. The van der Waals surface area contributed by atoms with E-state index >= 15 is 0 Å². The molecule has 0 bridgehead atoms. The third-order valence-corrected chi connectivity index (χ3v) is 3.94.